The zero-order valence-electron chi connectivity index (χ0n) is 7.17. The first-order valence-electron chi connectivity index (χ1n) is 4.06. The lowest BCUT2D eigenvalue weighted by Gasteiger charge is -2.06. The van der Waals surface area contributed by atoms with Crippen LogP contribution in [0.3, 0.4) is 0 Å². The summed E-state index contributed by atoms with van der Waals surface area (Å²) in [6.45, 7) is 5.28. The van der Waals surface area contributed by atoms with Crippen molar-refractivity contribution in [3.63, 3.8) is 0 Å². The lowest BCUT2D eigenvalue weighted by molar-refractivity contribution is 0.589. The molecular formula is C10H17N. The Balaban J connectivity index is 0.00000121. The van der Waals surface area contributed by atoms with Gasteiger partial charge in [-0.2, -0.15) is 0 Å². The Morgan fingerprint density at radius 2 is 1.91 bits per heavy atom. The van der Waals surface area contributed by atoms with Crippen LogP contribution in [-0.2, 0) is 6.54 Å². The van der Waals surface area contributed by atoms with E-state index in [4.69, 9.17) is 0 Å². The van der Waals surface area contributed by atoms with Crippen molar-refractivity contribution in [3.05, 3.63) is 35.9 Å². The van der Waals surface area contributed by atoms with Crippen molar-refractivity contribution in [1.82, 2.24) is 5.32 Å². The van der Waals surface area contributed by atoms with E-state index >= 15 is 0 Å². The average molecular weight is 151 g/mol. The molecule has 1 N–H and O–H groups in total. The third-order valence-corrected chi connectivity index (χ3v) is 1.56. The minimum Gasteiger partial charge on any atom is -0.310 e. The van der Waals surface area contributed by atoms with Gasteiger partial charge in [0.05, 0.1) is 0 Å². The highest BCUT2D eigenvalue weighted by Crippen LogP contribution is 1.97. The molecule has 0 heterocycles. The Labute approximate surface area is 69.9 Å². The molecule has 1 aromatic rings. The SMILES string of the molecule is CC(C)NCc1ccccc1.[HH]. The number of nitrogens with one attached hydrogen (secondary N) is 1. The highest BCUT2D eigenvalue weighted by molar-refractivity contribution is 5.14. The maximum atomic E-state index is 3.36. The Bertz CT molecular complexity index is 196. The van der Waals surface area contributed by atoms with Gasteiger partial charge in [-0.05, 0) is 5.56 Å². The van der Waals surface area contributed by atoms with Crippen LogP contribution in [0.5, 0.6) is 0 Å². The topological polar surface area (TPSA) is 12.0 Å². The van der Waals surface area contributed by atoms with Gasteiger partial charge in [0.2, 0.25) is 0 Å². The van der Waals surface area contributed by atoms with Crippen LogP contribution < -0.4 is 5.32 Å². The number of benzene rings is 1. The molecule has 0 amide bonds. The molecule has 0 atom stereocenters. The van der Waals surface area contributed by atoms with Gasteiger partial charge < -0.3 is 5.32 Å². The molecule has 11 heavy (non-hydrogen) atoms. The van der Waals surface area contributed by atoms with E-state index in [1.165, 1.54) is 5.56 Å². The average Bonchev–Trinajstić information content (AvgIpc) is 2.03. The Kier molecular flexibility index (Phi) is 3.12. The number of hydrogen-bond acceptors (Lipinski definition) is 1. The monoisotopic (exact) mass is 151 g/mol. The summed E-state index contributed by atoms with van der Waals surface area (Å²) in [6.07, 6.45) is 0. The zero-order chi connectivity index (χ0) is 8.10. The van der Waals surface area contributed by atoms with Crippen molar-refractivity contribution in [2.45, 2.75) is 26.4 Å². The zero-order valence-corrected chi connectivity index (χ0v) is 7.17. The normalized spacial score (nSPS) is 10.5. The molecule has 0 radical (unpaired) electrons. The first-order chi connectivity index (χ1) is 5.29. The van der Waals surface area contributed by atoms with Crippen LogP contribution in [0.25, 0.3) is 0 Å². The summed E-state index contributed by atoms with van der Waals surface area (Å²) in [7, 11) is 0. The molecule has 0 aromatic heterocycles. The van der Waals surface area contributed by atoms with Gasteiger partial charge in [0.15, 0.2) is 0 Å². The lowest BCUT2D eigenvalue weighted by atomic mass is 10.2. The fraction of sp³-hybridized carbons (Fsp3) is 0.400. The van der Waals surface area contributed by atoms with Gasteiger partial charge in [-0.1, -0.05) is 44.2 Å². The molecule has 0 unspecified atom stereocenters. The highest BCUT2D eigenvalue weighted by Gasteiger charge is 1.92. The van der Waals surface area contributed by atoms with E-state index < -0.39 is 0 Å². The summed E-state index contributed by atoms with van der Waals surface area (Å²) in [5.74, 6) is 0. The van der Waals surface area contributed by atoms with Crippen molar-refractivity contribution in [3.8, 4) is 0 Å². The minimum atomic E-state index is 0. The number of rotatable bonds is 3. The summed E-state index contributed by atoms with van der Waals surface area (Å²) < 4.78 is 0. The van der Waals surface area contributed by atoms with Crippen molar-refractivity contribution < 1.29 is 1.43 Å². The van der Waals surface area contributed by atoms with Crippen LogP contribution in [-0.4, -0.2) is 6.04 Å². The van der Waals surface area contributed by atoms with Crippen molar-refractivity contribution >= 4 is 0 Å². The van der Waals surface area contributed by atoms with Crippen LogP contribution in [0.2, 0.25) is 0 Å². The molecule has 1 heteroatoms. The second kappa shape index (κ2) is 4.14. The van der Waals surface area contributed by atoms with E-state index in [9.17, 15) is 0 Å². The molecular weight excluding hydrogens is 134 g/mol. The van der Waals surface area contributed by atoms with Gasteiger partial charge >= 0.3 is 0 Å². The fourth-order valence-electron chi connectivity index (χ4n) is 0.918. The van der Waals surface area contributed by atoms with E-state index in [0.717, 1.165) is 6.54 Å². The highest BCUT2D eigenvalue weighted by atomic mass is 14.9. The predicted molar refractivity (Wildman–Crippen MR) is 50.5 cm³/mol. The summed E-state index contributed by atoms with van der Waals surface area (Å²) in [4.78, 5) is 0. The Morgan fingerprint density at radius 1 is 1.27 bits per heavy atom. The van der Waals surface area contributed by atoms with Crippen LogP contribution in [0.15, 0.2) is 30.3 Å². The van der Waals surface area contributed by atoms with E-state index in [0.29, 0.717) is 6.04 Å². The largest absolute Gasteiger partial charge is 0.310 e. The van der Waals surface area contributed by atoms with Crippen LogP contribution in [0.4, 0.5) is 0 Å². The first kappa shape index (κ1) is 8.28. The molecule has 0 fully saturated rings. The molecule has 0 aliphatic carbocycles. The van der Waals surface area contributed by atoms with Gasteiger partial charge in [0.1, 0.15) is 0 Å². The quantitative estimate of drug-likeness (QED) is 0.699. The molecule has 1 nitrogen and oxygen atoms in total. The molecule has 0 saturated carbocycles. The van der Waals surface area contributed by atoms with Crippen LogP contribution in [0, 0.1) is 0 Å². The predicted octanol–water partition coefficient (Wildman–Crippen LogP) is 2.43. The second-order valence-corrected chi connectivity index (χ2v) is 3.02. The summed E-state index contributed by atoms with van der Waals surface area (Å²) in [5.41, 5.74) is 1.35. The molecule has 0 saturated heterocycles. The summed E-state index contributed by atoms with van der Waals surface area (Å²) >= 11 is 0. The van der Waals surface area contributed by atoms with E-state index in [1.54, 1.807) is 0 Å². The van der Waals surface area contributed by atoms with Gasteiger partial charge in [-0.3, -0.25) is 0 Å². The molecule has 0 bridgehead atoms. The Hall–Kier alpha value is -0.820. The lowest BCUT2D eigenvalue weighted by Crippen LogP contribution is -2.21. The standard InChI is InChI=1S/C10H15N.H2/c1-9(2)11-8-10-6-4-3-5-7-10;/h3-7,9,11H,8H2,1-2H3;1H. The van der Waals surface area contributed by atoms with Crippen molar-refractivity contribution in [2.24, 2.45) is 0 Å². The minimum absolute atomic E-state index is 0. The second-order valence-electron chi connectivity index (χ2n) is 3.02. The maximum absolute atomic E-state index is 3.36. The van der Waals surface area contributed by atoms with Gasteiger partial charge in [-0.25, -0.2) is 0 Å². The number of hydrogen-bond donors (Lipinski definition) is 1. The van der Waals surface area contributed by atoms with Crippen LogP contribution >= 0.6 is 0 Å². The van der Waals surface area contributed by atoms with Gasteiger partial charge in [0, 0.05) is 14.0 Å². The van der Waals surface area contributed by atoms with Crippen LogP contribution in [0.1, 0.15) is 20.8 Å². The fourth-order valence-corrected chi connectivity index (χ4v) is 0.918. The molecule has 1 rings (SSSR count). The molecule has 1 aromatic carbocycles. The maximum Gasteiger partial charge on any atom is 0.0207 e. The van der Waals surface area contributed by atoms with Crippen molar-refractivity contribution in [1.29, 1.82) is 0 Å². The van der Waals surface area contributed by atoms with E-state index in [-0.39, 0.29) is 1.43 Å². The Morgan fingerprint density at radius 3 is 2.45 bits per heavy atom. The summed E-state index contributed by atoms with van der Waals surface area (Å²) in [6, 6.07) is 11.0. The molecule has 62 valence electrons. The van der Waals surface area contributed by atoms with Gasteiger partial charge in [-0.15, -0.1) is 0 Å². The van der Waals surface area contributed by atoms with Crippen molar-refractivity contribution in [2.75, 3.05) is 0 Å². The first-order valence-corrected chi connectivity index (χ1v) is 4.06. The van der Waals surface area contributed by atoms with E-state index in [1.807, 2.05) is 6.07 Å². The smallest absolute Gasteiger partial charge is 0.0207 e. The van der Waals surface area contributed by atoms with E-state index in [2.05, 4.69) is 43.4 Å². The molecule has 0 spiro atoms. The summed E-state index contributed by atoms with van der Waals surface area (Å²) in [5, 5.41) is 3.36. The van der Waals surface area contributed by atoms with Gasteiger partial charge in [0.25, 0.3) is 0 Å². The molecule has 0 aliphatic heterocycles. The third kappa shape index (κ3) is 3.19. The molecule has 0 aliphatic rings. The third-order valence-electron chi connectivity index (χ3n) is 1.56.